The summed E-state index contributed by atoms with van der Waals surface area (Å²) in [5.74, 6) is 0.664. The summed E-state index contributed by atoms with van der Waals surface area (Å²) in [5, 5.41) is 3.83. The predicted octanol–water partition coefficient (Wildman–Crippen LogP) is 0.650. The molecule has 0 amide bonds. The zero-order chi connectivity index (χ0) is 12.4. The first-order chi connectivity index (χ1) is 8.13. The monoisotopic (exact) mass is 252 g/mol. The van der Waals surface area contributed by atoms with Gasteiger partial charge in [0.1, 0.15) is 10.7 Å². The molecule has 17 heavy (non-hydrogen) atoms. The molecule has 4 N–H and O–H groups in total. The molecular formula is C11H16N4OS. The summed E-state index contributed by atoms with van der Waals surface area (Å²) in [7, 11) is 0. The molecule has 5 nitrogen and oxygen atoms in total. The summed E-state index contributed by atoms with van der Waals surface area (Å²) in [6, 6.07) is 0. The van der Waals surface area contributed by atoms with E-state index in [9.17, 15) is 4.79 Å². The number of aromatic amines is 1. The first-order valence-electron chi connectivity index (χ1n) is 5.53. The summed E-state index contributed by atoms with van der Waals surface area (Å²) in [6.07, 6.45) is 0. The molecule has 0 saturated heterocycles. The molecule has 0 radical (unpaired) electrons. The van der Waals surface area contributed by atoms with Crippen LogP contribution in [0.25, 0.3) is 10.2 Å². The Morgan fingerprint density at radius 3 is 2.94 bits per heavy atom. The molecule has 0 aliphatic rings. The van der Waals surface area contributed by atoms with Crippen molar-refractivity contribution in [3.8, 4) is 0 Å². The molecule has 92 valence electrons. The lowest BCUT2D eigenvalue weighted by atomic mass is 10.2. The number of hydrogen-bond acceptors (Lipinski definition) is 5. The number of thiophene rings is 1. The average Bonchev–Trinajstić information content (AvgIpc) is 2.55. The molecule has 0 fully saturated rings. The van der Waals surface area contributed by atoms with Crippen molar-refractivity contribution in [2.75, 3.05) is 13.1 Å². The van der Waals surface area contributed by atoms with Gasteiger partial charge in [0.2, 0.25) is 0 Å². The lowest BCUT2D eigenvalue weighted by Crippen LogP contribution is -2.24. The first kappa shape index (κ1) is 12.2. The van der Waals surface area contributed by atoms with Crippen LogP contribution in [-0.2, 0) is 6.54 Å². The number of nitrogens with two attached hydrogens (primary N) is 1. The third-order valence-corrected chi connectivity index (χ3v) is 3.80. The van der Waals surface area contributed by atoms with Gasteiger partial charge in [-0.15, -0.1) is 11.3 Å². The van der Waals surface area contributed by atoms with Gasteiger partial charge in [0, 0.05) is 18.0 Å². The number of aryl methyl sites for hydroxylation is 2. The zero-order valence-electron chi connectivity index (χ0n) is 9.96. The lowest BCUT2D eigenvalue weighted by Gasteiger charge is -2.02. The molecule has 2 aromatic heterocycles. The highest BCUT2D eigenvalue weighted by atomic mass is 32.1. The predicted molar refractivity (Wildman–Crippen MR) is 70.5 cm³/mol. The number of aromatic nitrogens is 2. The Balaban J connectivity index is 2.39. The van der Waals surface area contributed by atoms with E-state index in [1.165, 1.54) is 0 Å². The van der Waals surface area contributed by atoms with Crippen molar-refractivity contribution in [2.24, 2.45) is 5.73 Å². The maximum atomic E-state index is 11.9. The smallest absolute Gasteiger partial charge is 0.259 e. The van der Waals surface area contributed by atoms with Crippen molar-refractivity contribution >= 4 is 21.6 Å². The van der Waals surface area contributed by atoms with Crippen LogP contribution < -0.4 is 16.6 Å². The van der Waals surface area contributed by atoms with Crippen LogP contribution in [0.1, 0.15) is 16.3 Å². The van der Waals surface area contributed by atoms with Gasteiger partial charge in [-0.2, -0.15) is 0 Å². The third-order valence-electron chi connectivity index (χ3n) is 2.70. The highest BCUT2D eigenvalue weighted by Gasteiger charge is 2.11. The van der Waals surface area contributed by atoms with E-state index in [2.05, 4.69) is 15.3 Å². The summed E-state index contributed by atoms with van der Waals surface area (Å²) in [6.45, 7) is 5.79. The topological polar surface area (TPSA) is 83.8 Å². The Hall–Kier alpha value is -1.24. The third kappa shape index (κ3) is 2.38. The number of fused-ring (bicyclic) bond motifs is 1. The Labute approximate surface area is 103 Å². The maximum absolute atomic E-state index is 11.9. The summed E-state index contributed by atoms with van der Waals surface area (Å²) in [5.41, 5.74) is 6.36. The largest absolute Gasteiger partial charge is 0.329 e. The van der Waals surface area contributed by atoms with Gasteiger partial charge in [-0.3, -0.25) is 4.79 Å². The second-order valence-corrected chi connectivity index (χ2v) is 5.14. The Morgan fingerprint density at radius 2 is 2.24 bits per heavy atom. The SMILES string of the molecule is Cc1sc2nc(CNCCN)[nH]c(=O)c2c1C. The lowest BCUT2D eigenvalue weighted by molar-refractivity contribution is 0.667. The number of nitrogens with one attached hydrogen (secondary N) is 2. The van der Waals surface area contributed by atoms with Crippen LogP contribution in [0.15, 0.2) is 4.79 Å². The fourth-order valence-electron chi connectivity index (χ4n) is 1.69. The Kier molecular flexibility index (Phi) is 3.56. The molecule has 0 unspecified atom stereocenters. The standard InChI is InChI=1S/C11H16N4OS/c1-6-7(2)17-11-9(6)10(16)14-8(15-11)5-13-4-3-12/h13H,3-5,12H2,1-2H3,(H,14,15,16). The van der Waals surface area contributed by atoms with Crippen molar-refractivity contribution in [3.63, 3.8) is 0 Å². The summed E-state index contributed by atoms with van der Waals surface area (Å²) in [4.78, 5) is 21.1. The summed E-state index contributed by atoms with van der Waals surface area (Å²) >= 11 is 1.56. The molecule has 2 heterocycles. The molecule has 0 bridgehead atoms. The van der Waals surface area contributed by atoms with E-state index in [1.807, 2.05) is 13.8 Å². The number of rotatable bonds is 4. The molecule has 6 heteroatoms. The molecule has 0 aromatic carbocycles. The molecule has 0 spiro atoms. The highest BCUT2D eigenvalue weighted by Crippen LogP contribution is 2.25. The molecule has 0 aliphatic carbocycles. The van der Waals surface area contributed by atoms with Crippen LogP contribution in [0.2, 0.25) is 0 Å². The van der Waals surface area contributed by atoms with Gasteiger partial charge in [0.05, 0.1) is 11.9 Å². The van der Waals surface area contributed by atoms with Crippen LogP contribution >= 0.6 is 11.3 Å². The fourth-order valence-corrected chi connectivity index (χ4v) is 2.74. The molecule has 0 saturated carbocycles. The van der Waals surface area contributed by atoms with E-state index in [0.29, 0.717) is 25.5 Å². The second-order valence-electron chi connectivity index (χ2n) is 3.94. The molecule has 0 aliphatic heterocycles. The second kappa shape index (κ2) is 4.95. The van der Waals surface area contributed by atoms with Crippen LogP contribution in [-0.4, -0.2) is 23.1 Å². The molecule has 0 atom stereocenters. The van der Waals surface area contributed by atoms with E-state index in [1.54, 1.807) is 11.3 Å². The van der Waals surface area contributed by atoms with Crippen LogP contribution in [0.4, 0.5) is 0 Å². The van der Waals surface area contributed by atoms with Crippen molar-refractivity contribution in [1.29, 1.82) is 0 Å². The van der Waals surface area contributed by atoms with Crippen molar-refractivity contribution in [1.82, 2.24) is 15.3 Å². The van der Waals surface area contributed by atoms with Gasteiger partial charge in [-0.05, 0) is 19.4 Å². The maximum Gasteiger partial charge on any atom is 0.259 e. The van der Waals surface area contributed by atoms with Gasteiger partial charge >= 0.3 is 0 Å². The van der Waals surface area contributed by atoms with Gasteiger partial charge in [0.15, 0.2) is 0 Å². The Bertz CT molecular complexity index is 587. The van der Waals surface area contributed by atoms with E-state index in [0.717, 1.165) is 20.7 Å². The minimum atomic E-state index is -0.0543. The van der Waals surface area contributed by atoms with Crippen LogP contribution in [0, 0.1) is 13.8 Å². The average molecular weight is 252 g/mol. The highest BCUT2D eigenvalue weighted by molar-refractivity contribution is 7.18. The van der Waals surface area contributed by atoms with Crippen LogP contribution in [0.5, 0.6) is 0 Å². The van der Waals surface area contributed by atoms with E-state index < -0.39 is 0 Å². The molecule has 2 rings (SSSR count). The van der Waals surface area contributed by atoms with Gasteiger partial charge in [-0.1, -0.05) is 0 Å². The Morgan fingerprint density at radius 1 is 1.47 bits per heavy atom. The number of H-pyrrole nitrogens is 1. The molecule has 2 aromatic rings. The minimum Gasteiger partial charge on any atom is -0.329 e. The number of hydrogen-bond donors (Lipinski definition) is 3. The van der Waals surface area contributed by atoms with Crippen LogP contribution in [0.3, 0.4) is 0 Å². The van der Waals surface area contributed by atoms with Gasteiger partial charge in [0.25, 0.3) is 5.56 Å². The number of nitrogens with zero attached hydrogens (tertiary/aromatic N) is 1. The van der Waals surface area contributed by atoms with Crippen molar-refractivity contribution < 1.29 is 0 Å². The van der Waals surface area contributed by atoms with Crippen molar-refractivity contribution in [3.05, 3.63) is 26.6 Å². The van der Waals surface area contributed by atoms with E-state index in [-0.39, 0.29) is 5.56 Å². The molecular weight excluding hydrogens is 236 g/mol. The fraction of sp³-hybridized carbons (Fsp3) is 0.455. The van der Waals surface area contributed by atoms with E-state index >= 15 is 0 Å². The quantitative estimate of drug-likeness (QED) is 0.698. The van der Waals surface area contributed by atoms with E-state index in [4.69, 9.17) is 5.73 Å². The normalized spacial score (nSPS) is 11.2. The van der Waals surface area contributed by atoms with Gasteiger partial charge in [-0.25, -0.2) is 4.98 Å². The zero-order valence-corrected chi connectivity index (χ0v) is 10.8. The summed E-state index contributed by atoms with van der Waals surface area (Å²) < 4.78 is 0. The van der Waals surface area contributed by atoms with Crippen molar-refractivity contribution in [2.45, 2.75) is 20.4 Å². The van der Waals surface area contributed by atoms with Gasteiger partial charge < -0.3 is 16.0 Å². The minimum absolute atomic E-state index is 0.0543. The first-order valence-corrected chi connectivity index (χ1v) is 6.34.